The largest absolute Gasteiger partial charge is 0.497 e. The van der Waals surface area contributed by atoms with Crippen LogP contribution in [0.3, 0.4) is 0 Å². The molecule has 2 aromatic rings. The molecule has 0 fully saturated rings. The van der Waals surface area contributed by atoms with Crippen molar-refractivity contribution in [3.05, 3.63) is 34.5 Å². The van der Waals surface area contributed by atoms with Crippen LogP contribution in [0.1, 0.15) is 9.67 Å². The van der Waals surface area contributed by atoms with Gasteiger partial charge in [0.2, 0.25) is 0 Å². The van der Waals surface area contributed by atoms with Gasteiger partial charge in [0.1, 0.15) is 16.4 Å². The lowest BCUT2D eigenvalue weighted by molar-refractivity contribution is 0.0702. The third kappa shape index (κ3) is 2.31. The summed E-state index contributed by atoms with van der Waals surface area (Å²) < 4.78 is 10.4. The van der Waals surface area contributed by atoms with Crippen molar-refractivity contribution in [1.82, 2.24) is 0 Å². The number of aromatic carboxylic acids is 1. The summed E-state index contributed by atoms with van der Waals surface area (Å²) in [6, 6.07) is 7.08. The second kappa shape index (κ2) is 5.10. The lowest BCUT2D eigenvalue weighted by Gasteiger charge is -2.08. The molecule has 0 bridgehead atoms. The van der Waals surface area contributed by atoms with Gasteiger partial charge in [0.05, 0.1) is 14.2 Å². The van der Waals surface area contributed by atoms with Gasteiger partial charge in [0.15, 0.2) is 0 Å². The van der Waals surface area contributed by atoms with E-state index in [2.05, 4.69) is 0 Å². The van der Waals surface area contributed by atoms with E-state index in [1.807, 2.05) is 12.1 Å². The SMILES string of the molecule is COc1ccc(-c2csc(C(=O)O)c2)c(OC)c1. The van der Waals surface area contributed by atoms with E-state index in [1.165, 1.54) is 11.3 Å². The first kappa shape index (κ1) is 12.4. The van der Waals surface area contributed by atoms with Gasteiger partial charge < -0.3 is 14.6 Å². The fourth-order valence-electron chi connectivity index (χ4n) is 1.63. The monoisotopic (exact) mass is 264 g/mol. The summed E-state index contributed by atoms with van der Waals surface area (Å²) in [5, 5.41) is 10.7. The average Bonchev–Trinajstić information content (AvgIpc) is 2.87. The van der Waals surface area contributed by atoms with Crippen LogP contribution in [0.15, 0.2) is 29.6 Å². The first-order chi connectivity index (χ1) is 8.65. The zero-order chi connectivity index (χ0) is 13.1. The van der Waals surface area contributed by atoms with E-state index in [-0.39, 0.29) is 0 Å². The molecule has 0 saturated carbocycles. The standard InChI is InChI=1S/C13H12O4S/c1-16-9-3-4-10(11(6-9)17-2)8-5-12(13(14)15)18-7-8/h3-7H,1-2H3,(H,14,15). The van der Waals surface area contributed by atoms with Crippen LogP contribution in [0.4, 0.5) is 0 Å². The Morgan fingerprint density at radius 1 is 1.22 bits per heavy atom. The molecular formula is C13H12O4S. The lowest BCUT2D eigenvalue weighted by atomic mass is 10.1. The zero-order valence-corrected chi connectivity index (χ0v) is 10.8. The predicted octanol–water partition coefficient (Wildman–Crippen LogP) is 3.13. The van der Waals surface area contributed by atoms with Crippen LogP contribution in [0, 0.1) is 0 Å². The Kier molecular flexibility index (Phi) is 3.53. The van der Waals surface area contributed by atoms with Gasteiger partial charge in [0, 0.05) is 11.6 Å². The van der Waals surface area contributed by atoms with Crippen LogP contribution in [-0.4, -0.2) is 25.3 Å². The molecule has 0 atom stereocenters. The number of carboxylic acids is 1. The molecule has 0 radical (unpaired) electrons. The minimum absolute atomic E-state index is 0.308. The van der Waals surface area contributed by atoms with E-state index in [4.69, 9.17) is 14.6 Å². The van der Waals surface area contributed by atoms with Crippen LogP contribution >= 0.6 is 11.3 Å². The topological polar surface area (TPSA) is 55.8 Å². The van der Waals surface area contributed by atoms with Crippen molar-refractivity contribution in [1.29, 1.82) is 0 Å². The maximum atomic E-state index is 10.9. The second-order valence-corrected chi connectivity index (χ2v) is 4.48. The molecule has 0 aliphatic rings. The van der Waals surface area contributed by atoms with Crippen molar-refractivity contribution in [3.8, 4) is 22.6 Å². The number of hydrogen-bond donors (Lipinski definition) is 1. The summed E-state index contributed by atoms with van der Waals surface area (Å²) in [5.74, 6) is 0.437. The first-order valence-electron chi connectivity index (χ1n) is 5.20. The van der Waals surface area contributed by atoms with Gasteiger partial charge in [0.25, 0.3) is 0 Å². The molecule has 0 aliphatic carbocycles. The molecule has 5 heteroatoms. The van der Waals surface area contributed by atoms with Crippen molar-refractivity contribution in [2.45, 2.75) is 0 Å². The number of ether oxygens (including phenoxy) is 2. The molecule has 0 aliphatic heterocycles. The van der Waals surface area contributed by atoms with E-state index < -0.39 is 5.97 Å². The number of rotatable bonds is 4. The van der Waals surface area contributed by atoms with Crippen LogP contribution in [0.25, 0.3) is 11.1 Å². The van der Waals surface area contributed by atoms with Crippen molar-refractivity contribution >= 4 is 17.3 Å². The van der Waals surface area contributed by atoms with Crippen molar-refractivity contribution in [3.63, 3.8) is 0 Å². The Labute approximate surface area is 108 Å². The molecule has 0 saturated heterocycles. The van der Waals surface area contributed by atoms with Crippen LogP contribution in [-0.2, 0) is 0 Å². The number of carbonyl (C=O) groups is 1. The average molecular weight is 264 g/mol. The lowest BCUT2D eigenvalue weighted by Crippen LogP contribution is -1.91. The van der Waals surface area contributed by atoms with Gasteiger partial charge in [-0.1, -0.05) is 0 Å². The minimum atomic E-state index is -0.918. The Bertz CT molecular complexity index is 574. The highest BCUT2D eigenvalue weighted by Gasteiger charge is 2.12. The van der Waals surface area contributed by atoms with Crippen LogP contribution in [0.2, 0.25) is 0 Å². The van der Waals surface area contributed by atoms with E-state index in [9.17, 15) is 4.79 Å². The number of thiophene rings is 1. The highest BCUT2D eigenvalue weighted by Crippen LogP contribution is 2.35. The summed E-state index contributed by atoms with van der Waals surface area (Å²) in [4.78, 5) is 11.2. The van der Waals surface area contributed by atoms with Gasteiger partial charge in [-0.2, -0.15) is 0 Å². The third-order valence-corrected chi connectivity index (χ3v) is 3.45. The first-order valence-corrected chi connectivity index (χ1v) is 6.08. The van der Waals surface area contributed by atoms with E-state index in [0.29, 0.717) is 16.4 Å². The van der Waals surface area contributed by atoms with Gasteiger partial charge in [-0.3, -0.25) is 0 Å². The number of benzene rings is 1. The molecule has 1 heterocycles. The van der Waals surface area contributed by atoms with Crippen LogP contribution in [0.5, 0.6) is 11.5 Å². The number of carboxylic acid groups (broad SMARTS) is 1. The van der Waals surface area contributed by atoms with Gasteiger partial charge in [-0.25, -0.2) is 4.79 Å². The maximum absolute atomic E-state index is 10.9. The summed E-state index contributed by atoms with van der Waals surface area (Å²) >= 11 is 1.20. The van der Waals surface area contributed by atoms with Crippen molar-refractivity contribution in [2.75, 3.05) is 14.2 Å². The van der Waals surface area contributed by atoms with E-state index in [0.717, 1.165) is 11.1 Å². The highest BCUT2D eigenvalue weighted by atomic mass is 32.1. The van der Waals surface area contributed by atoms with Gasteiger partial charge in [-0.15, -0.1) is 11.3 Å². The molecule has 0 spiro atoms. The Morgan fingerprint density at radius 2 is 2.00 bits per heavy atom. The molecule has 1 aromatic heterocycles. The molecule has 0 unspecified atom stereocenters. The molecule has 0 amide bonds. The molecular weight excluding hydrogens is 252 g/mol. The molecule has 4 nitrogen and oxygen atoms in total. The fraction of sp³-hybridized carbons (Fsp3) is 0.154. The van der Waals surface area contributed by atoms with E-state index >= 15 is 0 Å². The molecule has 94 valence electrons. The molecule has 1 N–H and O–H groups in total. The van der Waals surface area contributed by atoms with E-state index in [1.54, 1.807) is 31.7 Å². The Balaban J connectivity index is 2.45. The molecule has 18 heavy (non-hydrogen) atoms. The molecule has 1 aromatic carbocycles. The summed E-state index contributed by atoms with van der Waals surface area (Å²) in [7, 11) is 3.16. The number of hydrogen-bond acceptors (Lipinski definition) is 4. The number of methoxy groups -OCH3 is 2. The zero-order valence-electron chi connectivity index (χ0n) is 9.97. The predicted molar refractivity (Wildman–Crippen MR) is 69.8 cm³/mol. The Hall–Kier alpha value is -2.01. The second-order valence-electron chi connectivity index (χ2n) is 3.57. The molecule has 2 rings (SSSR count). The fourth-order valence-corrected chi connectivity index (χ4v) is 2.37. The minimum Gasteiger partial charge on any atom is -0.497 e. The normalized spacial score (nSPS) is 10.1. The summed E-state index contributed by atoms with van der Waals surface area (Å²) in [6.45, 7) is 0. The summed E-state index contributed by atoms with van der Waals surface area (Å²) in [5.41, 5.74) is 1.68. The quantitative estimate of drug-likeness (QED) is 0.921. The maximum Gasteiger partial charge on any atom is 0.345 e. The van der Waals surface area contributed by atoms with Crippen molar-refractivity contribution in [2.24, 2.45) is 0 Å². The van der Waals surface area contributed by atoms with Crippen LogP contribution < -0.4 is 9.47 Å². The van der Waals surface area contributed by atoms with Gasteiger partial charge in [-0.05, 0) is 29.1 Å². The van der Waals surface area contributed by atoms with Crippen molar-refractivity contribution < 1.29 is 19.4 Å². The smallest absolute Gasteiger partial charge is 0.345 e. The van der Waals surface area contributed by atoms with Gasteiger partial charge >= 0.3 is 5.97 Å². The summed E-state index contributed by atoms with van der Waals surface area (Å²) in [6.07, 6.45) is 0. The third-order valence-electron chi connectivity index (χ3n) is 2.53. The Morgan fingerprint density at radius 3 is 2.56 bits per heavy atom. The highest BCUT2D eigenvalue weighted by molar-refractivity contribution is 7.12.